The fourth-order valence-electron chi connectivity index (χ4n) is 4.58. The molecular formula is C19H26N2O2S. The summed E-state index contributed by atoms with van der Waals surface area (Å²) in [4.78, 5) is 28.1. The summed E-state index contributed by atoms with van der Waals surface area (Å²) in [7, 11) is 0. The van der Waals surface area contributed by atoms with Crippen molar-refractivity contribution in [1.82, 2.24) is 10.2 Å². The molecule has 1 aromatic rings. The molecular weight excluding hydrogens is 320 g/mol. The zero-order valence-electron chi connectivity index (χ0n) is 14.1. The first kappa shape index (κ1) is 16.1. The molecule has 1 N–H and O–H groups in total. The van der Waals surface area contributed by atoms with Gasteiger partial charge in [-0.05, 0) is 43.0 Å². The van der Waals surface area contributed by atoms with Crippen LogP contribution in [0.25, 0.3) is 0 Å². The van der Waals surface area contributed by atoms with E-state index < -0.39 is 0 Å². The molecule has 2 atom stereocenters. The lowest BCUT2D eigenvalue weighted by molar-refractivity contribution is -0.131. The minimum atomic E-state index is 0.0882. The summed E-state index contributed by atoms with van der Waals surface area (Å²) in [5.74, 6) is 1.22. The van der Waals surface area contributed by atoms with Crippen molar-refractivity contribution in [1.29, 1.82) is 0 Å². The molecule has 0 unspecified atom stereocenters. The second-order valence-corrected chi connectivity index (χ2v) is 8.87. The maximum absolute atomic E-state index is 12.5. The van der Waals surface area contributed by atoms with Gasteiger partial charge in [-0.2, -0.15) is 0 Å². The van der Waals surface area contributed by atoms with Gasteiger partial charge in [-0.25, -0.2) is 0 Å². The largest absolute Gasteiger partial charge is 0.351 e. The van der Waals surface area contributed by atoms with E-state index in [0.29, 0.717) is 18.4 Å². The number of rotatable bonds is 5. The van der Waals surface area contributed by atoms with Crippen LogP contribution < -0.4 is 5.32 Å². The Bertz CT molecular complexity index is 609. The van der Waals surface area contributed by atoms with Crippen LogP contribution in [-0.4, -0.2) is 29.8 Å². The highest BCUT2D eigenvalue weighted by Gasteiger charge is 2.61. The predicted molar refractivity (Wildman–Crippen MR) is 94.5 cm³/mol. The Hall–Kier alpha value is -1.36. The number of thiophene rings is 1. The number of carbonyl (C=O) groups excluding carboxylic acids is 2. The van der Waals surface area contributed by atoms with Crippen LogP contribution in [0.1, 0.15) is 49.8 Å². The number of amides is 2. The molecule has 2 heterocycles. The maximum atomic E-state index is 12.5. The van der Waals surface area contributed by atoms with E-state index in [1.165, 1.54) is 30.6 Å². The van der Waals surface area contributed by atoms with Gasteiger partial charge in [0.15, 0.2) is 0 Å². The van der Waals surface area contributed by atoms with Gasteiger partial charge in [0.05, 0.1) is 6.54 Å². The maximum Gasteiger partial charge on any atom is 0.224 e. The van der Waals surface area contributed by atoms with Crippen LogP contribution in [0.3, 0.4) is 0 Å². The van der Waals surface area contributed by atoms with Gasteiger partial charge < -0.3 is 10.2 Å². The van der Waals surface area contributed by atoms with E-state index in [1.54, 1.807) is 11.3 Å². The van der Waals surface area contributed by atoms with Crippen LogP contribution >= 0.6 is 11.3 Å². The van der Waals surface area contributed by atoms with E-state index in [2.05, 4.69) is 5.32 Å². The van der Waals surface area contributed by atoms with Crippen molar-refractivity contribution in [3.63, 3.8) is 0 Å². The Kier molecular flexibility index (Phi) is 4.37. The molecule has 0 radical (unpaired) electrons. The van der Waals surface area contributed by atoms with Crippen molar-refractivity contribution in [2.24, 2.45) is 17.3 Å². The Morgan fingerprint density at radius 1 is 1.33 bits per heavy atom. The van der Waals surface area contributed by atoms with Gasteiger partial charge in [-0.15, -0.1) is 11.3 Å². The quantitative estimate of drug-likeness (QED) is 0.890. The van der Waals surface area contributed by atoms with E-state index in [-0.39, 0.29) is 17.2 Å². The Labute approximate surface area is 147 Å². The van der Waals surface area contributed by atoms with E-state index in [9.17, 15) is 9.59 Å². The molecule has 3 fully saturated rings. The normalized spacial score (nSPS) is 29.3. The summed E-state index contributed by atoms with van der Waals surface area (Å²) in [6.07, 6.45) is 7.70. The van der Waals surface area contributed by atoms with E-state index in [1.807, 2.05) is 22.4 Å². The molecule has 2 amide bonds. The molecule has 1 saturated heterocycles. The number of nitrogens with zero attached hydrogens (tertiary/aromatic N) is 1. The third-order valence-electron chi connectivity index (χ3n) is 6.20. The molecule has 0 bridgehead atoms. The molecule has 24 heavy (non-hydrogen) atoms. The highest BCUT2D eigenvalue weighted by atomic mass is 32.1. The van der Waals surface area contributed by atoms with Crippen LogP contribution in [0.4, 0.5) is 0 Å². The van der Waals surface area contributed by atoms with Gasteiger partial charge in [0.2, 0.25) is 11.8 Å². The first-order chi connectivity index (χ1) is 11.7. The Morgan fingerprint density at radius 2 is 2.17 bits per heavy atom. The van der Waals surface area contributed by atoms with Gasteiger partial charge in [0.25, 0.3) is 0 Å². The summed E-state index contributed by atoms with van der Waals surface area (Å²) in [5, 5.41) is 5.10. The highest BCUT2D eigenvalue weighted by Crippen LogP contribution is 2.58. The third-order valence-corrected chi connectivity index (χ3v) is 7.08. The summed E-state index contributed by atoms with van der Waals surface area (Å²) < 4.78 is 0. The summed E-state index contributed by atoms with van der Waals surface area (Å²) >= 11 is 1.67. The van der Waals surface area contributed by atoms with Crippen molar-refractivity contribution in [2.45, 2.75) is 51.5 Å². The molecule has 1 aliphatic heterocycles. The van der Waals surface area contributed by atoms with E-state index in [4.69, 9.17) is 0 Å². The summed E-state index contributed by atoms with van der Waals surface area (Å²) in [6, 6.07) is 4.06. The second-order valence-electron chi connectivity index (χ2n) is 7.84. The molecule has 1 spiro atoms. The second kappa shape index (κ2) is 6.51. The van der Waals surface area contributed by atoms with Crippen LogP contribution in [0.5, 0.6) is 0 Å². The van der Waals surface area contributed by atoms with Crippen LogP contribution in [0, 0.1) is 17.3 Å². The number of likely N-dealkylation sites (tertiary alicyclic amines) is 1. The Balaban J connectivity index is 1.25. The lowest BCUT2D eigenvalue weighted by Crippen LogP contribution is -2.31. The fourth-order valence-corrected chi connectivity index (χ4v) is 5.22. The van der Waals surface area contributed by atoms with Crippen molar-refractivity contribution in [2.75, 3.05) is 13.1 Å². The van der Waals surface area contributed by atoms with E-state index in [0.717, 1.165) is 32.4 Å². The summed E-state index contributed by atoms with van der Waals surface area (Å²) in [6.45, 7) is 2.28. The zero-order valence-corrected chi connectivity index (χ0v) is 14.9. The summed E-state index contributed by atoms with van der Waals surface area (Å²) in [5.41, 5.74) is 0.0882. The first-order valence-electron chi connectivity index (χ1n) is 9.24. The number of hydrogen-bond acceptors (Lipinski definition) is 3. The Morgan fingerprint density at radius 3 is 2.92 bits per heavy atom. The van der Waals surface area contributed by atoms with E-state index >= 15 is 0 Å². The number of carbonyl (C=O) groups is 2. The number of hydrogen-bond donors (Lipinski definition) is 1. The number of nitrogens with one attached hydrogen (secondary N) is 1. The molecule has 4 rings (SSSR count). The van der Waals surface area contributed by atoms with Gasteiger partial charge in [-0.1, -0.05) is 18.9 Å². The lowest BCUT2D eigenvalue weighted by atomic mass is 10.0. The van der Waals surface area contributed by atoms with Gasteiger partial charge in [0, 0.05) is 35.7 Å². The molecule has 130 valence electrons. The molecule has 3 aliphatic rings. The first-order valence-corrected chi connectivity index (χ1v) is 10.1. The predicted octanol–water partition coefficient (Wildman–Crippen LogP) is 3.18. The molecule has 2 saturated carbocycles. The minimum Gasteiger partial charge on any atom is -0.351 e. The highest BCUT2D eigenvalue weighted by molar-refractivity contribution is 7.09. The minimum absolute atomic E-state index is 0.0882. The van der Waals surface area contributed by atoms with Crippen molar-refractivity contribution in [3.05, 3.63) is 22.4 Å². The van der Waals surface area contributed by atoms with Crippen molar-refractivity contribution >= 4 is 23.2 Å². The molecule has 0 aromatic carbocycles. The average molecular weight is 346 g/mol. The van der Waals surface area contributed by atoms with Crippen LogP contribution in [-0.2, 0) is 16.1 Å². The molecule has 1 aromatic heterocycles. The van der Waals surface area contributed by atoms with Crippen molar-refractivity contribution in [3.8, 4) is 0 Å². The van der Waals surface area contributed by atoms with Crippen LogP contribution in [0.15, 0.2) is 17.5 Å². The standard InChI is InChI=1S/C19H26N2O2S/c22-17(10-14-4-1-2-5-14)21-8-7-19(13-21)11-16(19)18(23)20-12-15-6-3-9-24-15/h3,6,9,14,16H,1-2,4-5,7-8,10-13H2,(H,20,23)/t16-,19-/m0/s1. The SMILES string of the molecule is O=C(NCc1cccs1)[C@@H]1C[C@]12CCN(C(=O)CC1CCCC1)C2. The van der Waals surface area contributed by atoms with Gasteiger partial charge in [-0.3, -0.25) is 9.59 Å². The molecule has 5 heteroatoms. The fraction of sp³-hybridized carbons (Fsp3) is 0.684. The van der Waals surface area contributed by atoms with Crippen LogP contribution in [0.2, 0.25) is 0 Å². The zero-order chi connectivity index (χ0) is 16.6. The molecule has 2 aliphatic carbocycles. The monoisotopic (exact) mass is 346 g/mol. The topological polar surface area (TPSA) is 49.4 Å². The lowest BCUT2D eigenvalue weighted by Gasteiger charge is -2.19. The smallest absolute Gasteiger partial charge is 0.224 e. The van der Waals surface area contributed by atoms with Gasteiger partial charge in [0.1, 0.15) is 0 Å². The van der Waals surface area contributed by atoms with Crippen molar-refractivity contribution < 1.29 is 9.59 Å². The average Bonchev–Trinajstić information content (AvgIpc) is 3.07. The third kappa shape index (κ3) is 3.23. The van der Waals surface area contributed by atoms with Gasteiger partial charge >= 0.3 is 0 Å². The molecule has 4 nitrogen and oxygen atoms in total.